The first-order valence-electron chi connectivity index (χ1n) is 9.92. The summed E-state index contributed by atoms with van der Waals surface area (Å²) >= 11 is 0. The molecule has 152 valence electrons. The van der Waals surface area contributed by atoms with Crippen LogP contribution in [0.3, 0.4) is 0 Å². The Morgan fingerprint density at radius 2 is 1.66 bits per heavy atom. The van der Waals surface area contributed by atoms with Crippen LogP contribution >= 0.6 is 12.4 Å². The number of hydrogen-bond acceptors (Lipinski definition) is 3. The number of esters is 1. The third kappa shape index (κ3) is 4.08. The highest BCUT2D eigenvalue weighted by molar-refractivity contribution is 5.89. The van der Waals surface area contributed by atoms with Gasteiger partial charge in [-0.05, 0) is 17.0 Å². The van der Waals surface area contributed by atoms with Gasteiger partial charge in [-0.1, -0.05) is 74.5 Å². The molecule has 0 spiro atoms. The molecule has 2 aromatic carbocycles. The zero-order valence-corrected chi connectivity index (χ0v) is 17.6. The lowest BCUT2D eigenvalue weighted by Gasteiger charge is -2.26. The van der Waals surface area contributed by atoms with Crippen LogP contribution in [-0.2, 0) is 27.9 Å². The number of rotatable bonds is 6. The zero-order valence-electron chi connectivity index (χ0n) is 16.8. The molecule has 1 aromatic heterocycles. The molecule has 1 unspecified atom stereocenters. The first-order valence-corrected chi connectivity index (χ1v) is 9.92. The maximum Gasteiger partial charge on any atom is 0.321 e. The number of cyclic esters (lactones) is 1. The van der Waals surface area contributed by atoms with Gasteiger partial charge in [-0.3, -0.25) is 4.79 Å². The molecule has 1 aliphatic heterocycles. The highest BCUT2D eigenvalue weighted by atomic mass is 35.5. The van der Waals surface area contributed by atoms with Crippen molar-refractivity contribution in [1.82, 2.24) is 9.55 Å². The van der Waals surface area contributed by atoms with Gasteiger partial charge in [0, 0.05) is 25.2 Å². The number of carbonyl (C=O) groups excluding carboxylic acids is 1. The second-order valence-corrected chi connectivity index (χ2v) is 7.96. The van der Waals surface area contributed by atoms with Crippen LogP contribution in [-0.4, -0.2) is 21.6 Å². The first kappa shape index (κ1) is 21.1. The molecule has 1 atom stereocenters. The quantitative estimate of drug-likeness (QED) is 0.548. The highest BCUT2D eigenvalue weighted by Gasteiger charge is 2.51. The van der Waals surface area contributed by atoms with Crippen molar-refractivity contribution in [3.63, 3.8) is 0 Å². The van der Waals surface area contributed by atoms with Gasteiger partial charge in [-0.25, -0.2) is 4.98 Å². The first-order chi connectivity index (χ1) is 13.6. The summed E-state index contributed by atoms with van der Waals surface area (Å²) in [5.74, 6) is 1.41. The van der Waals surface area contributed by atoms with Gasteiger partial charge in [0.05, 0.1) is 6.54 Å². The van der Waals surface area contributed by atoms with E-state index in [0.717, 1.165) is 23.4 Å². The zero-order chi connectivity index (χ0) is 19.6. The van der Waals surface area contributed by atoms with Gasteiger partial charge in [0.1, 0.15) is 17.3 Å². The summed E-state index contributed by atoms with van der Waals surface area (Å²) < 4.78 is 8.06. The fraction of sp³-hybridized carbons (Fsp3) is 0.333. The van der Waals surface area contributed by atoms with Crippen molar-refractivity contribution < 1.29 is 9.53 Å². The van der Waals surface area contributed by atoms with E-state index >= 15 is 0 Å². The van der Waals surface area contributed by atoms with Crippen LogP contribution in [0.25, 0.3) is 0 Å². The molecule has 1 saturated heterocycles. The van der Waals surface area contributed by atoms with E-state index in [4.69, 9.17) is 4.74 Å². The predicted octanol–water partition coefficient (Wildman–Crippen LogP) is 4.81. The molecule has 1 aliphatic rings. The van der Waals surface area contributed by atoms with E-state index in [1.807, 2.05) is 73.1 Å². The number of halogens is 1. The average molecular weight is 411 g/mol. The summed E-state index contributed by atoms with van der Waals surface area (Å²) in [7, 11) is 0. The van der Waals surface area contributed by atoms with Crippen molar-refractivity contribution in [2.75, 3.05) is 0 Å². The van der Waals surface area contributed by atoms with Gasteiger partial charge < -0.3 is 9.30 Å². The van der Waals surface area contributed by atoms with Crippen molar-refractivity contribution in [3.8, 4) is 0 Å². The van der Waals surface area contributed by atoms with Crippen LogP contribution in [0.1, 0.15) is 37.2 Å². The molecular weight excluding hydrogens is 384 g/mol. The van der Waals surface area contributed by atoms with Gasteiger partial charge in [0.2, 0.25) is 0 Å². The lowest BCUT2D eigenvalue weighted by atomic mass is 9.72. The third-order valence-electron chi connectivity index (χ3n) is 5.48. The Bertz CT molecular complexity index is 898. The summed E-state index contributed by atoms with van der Waals surface area (Å²) in [5, 5.41) is 0. The number of carbonyl (C=O) groups is 1. The van der Waals surface area contributed by atoms with Gasteiger partial charge in [0.15, 0.2) is 0 Å². The molecule has 4 nitrogen and oxygen atoms in total. The number of imidazole rings is 1. The molecule has 0 aliphatic carbocycles. The molecule has 2 heterocycles. The number of aromatic nitrogens is 2. The molecule has 0 amide bonds. The monoisotopic (exact) mass is 410 g/mol. The molecule has 4 rings (SSSR count). The van der Waals surface area contributed by atoms with Gasteiger partial charge in [-0.2, -0.15) is 0 Å². The van der Waals surface area contributed by atoms with E-state index in [2.05, 4.69) is 23.4 Å². The summed E-state index contributed by atoms with van der Waals surface area (Å²) in [5.41, 5.74) is 1.22. The van der Waals surface area contributed by atoms with Crippen molar-refractivity contribution in [3.05, 3.63) is 90.0 Å². The molecule has 5 heteroatoms. The van der Waals surface area contributed by atoms with Gasteiger partial charge in [0.25, 0.3) is 0 Å². The highest BCUT2D eigenvalue weighted by Crippen LogP contribution is 2.43. The maximum atomic E-state index is 13.3. The molecule has 0 radical (unpaired) electrons. The number of nitrogens with zero attached hydrogens (tertiary/aromatic N) is 2. The summed E-state index contributed by atoms with van der Waals surface area (Å²) in [6.45, 7) is 5.00. The largest absolute Gasteiger partial charge is 0.459 e. The number of benzene rings is 2. The summed E-state index contributed by atoms with van der Waals surface area (Å²) in [4.78, 5) is 17.7. The maximum absolute atomic E-state index is 13.3. The number of hydrogen-bond donors (Lipinski definition) is 0. The molecule has 0 saturated carbocycles. The minimum atomic E-state index is -0.758. The normalized spacial score (nSPS) is 17.8. The van der Waals surface area contributed by atoms with Crippen molar-refractivity contribution >= 4 is 18.4 Å². The molecule has 1 fully saturated rings. The molecule has 0 N–H and O–H groups in total. The Hall–Kier alpha value is -2.59. The lowest BCUT2D eigenvalue weighted by molar-refractivity contribution is -0.145. The minimum Gasteiger partial charge on any atom is -0.459 e. The van der Waals surface area contributed by atoms with Crippen LogP contribution in [0, 0.1) is 5.92 Å². The van der Waals surface area contributed by atoms with Crippen molar-refractivity contribution in [2.45, 2.75) is 44.8 Å². The van der Waals surface area contributed by atoms with Crippen molar-refractivity contribution in [2.24, 2.45) is 5.92 Å². The molecule has 3 aromatic rings. The van der Waals surface area contributed by atoms with Crippen LogP contribution in [0.15, 0.2) is 73.1 Å². The predicted molar refractivity (Wildman–Crippen MR) is 116 cm³/mol. The Morgan fingerprint density at radius 3 is 2.21 bits per heavy atom. The fourth-order valence-electron chi connectivity index (χ4n) is 4.18. The Labute approximate surface area is 178 Å². The lowest BCUT2D eigenvalue weighted by Crippen LogP contribution is -2.33. The second-order valence-electron chi connectivity index (χ2n) is 7.96. The summed E-state index contributed by atoms with van der Waals surface area (Å²) in [6.07, 6.45) is 5.16. The molecule has 0 bridgehead atoms. The van der Waals surface area contributed by atoms with E-state index in [1.54, 1.807) is 0 Å². The van der Waals surface area contributed by atoms with Crippen LogP contribution in [0.5, 0.6) is 0 Å². The summed E-state index contributed by atoms with van der Waals surface area (Å²) in [6, 6.07) is 20.0. The Balaban J connectivity index is 0.00000240. The minimum absolute atomic E-state index is 0. The van der Waals surface area contributed by atoms with Crippen LogP contribution in [0.2, 0.25) is 0 Å². The topological polar surface area (TPSA) is 44.1 Å². The van der Waals surface area contributed by atoms with E-state index in [9.17, 15) is 4.79 Å². The van der Waals surface area contributed by atoms with E-state index < -0.39 is 5.41 Å². The molecule has 29 heavy (non-hydrogen) atoms. The van der Waals surface area contributed by atoms with Gasteiger partial charge >= 0.3 is 5.97 Å². The Morgan fingerprint density at radius 1 is 1.07 bits per heavy atom. The van der Waals surface area contributed by atoms with E-state index in [1.165, 1.54) is 0 Å². The van der Waals surface area contributed by atoms with E-state index in [-0.39, 0.29) is 24.5 Å². The van der Waals surface area contributed by atoms with Crippen LogP contribution < -0.4 is 0 Å². The SMILES string of the molecule is CC(C)Cc1nccn1CC1CC(c2ccccc2)(c2ccccc2)C(=O)O1.Cl. The van der Waals surface area contributed by atoms with Gasteiger partial charge in [-0.15, -0.1) is 12.4 Å². The fourth-order valence-corrected chi connectivity index (χ4v) is 4.18. The number of ether oxygens (including phenoxy) is 1. The second kappa shape index (κ2) is 8.83. The Kier molecular flexibility index (Phi) is 6.43. The average Bonchev–Trinajstić information content (AvgIpc) is 3.27. The standard InChI is InChI=1S/C24H26N2O2.ClH/c1-18(2)15-22-25-13-14-26(22)17-21-16-24(23(27)28-21,19-9-5-3-6-10-19)20-11-7-4-8-12-20;/h3-14,18,21H,15-17H2,1-2H3;1H. The van der Waals surface area contributed by atoms with Crippen LogP contribution in [0.4, 0.5) is 0 Å². The van der Waals surface area contributed by atoms with E-state index in [0.29, 0.717) is 18.9 Å². The van der Waals surface area contributed by atoms with Crippen molar-refractivity contribution in [1.29, 1.82) is 0 Å². The molecular formula is C24H27ClN2O2. The smallest absolute Gasteiger partial charge is 0.321 e. The third-order valence-corrected chi connectivity index (χ3v) is 5.48.